The van der Waals surface area contributed by atoms with Crippen LogP contribution in [0.5, 0.6) is 0 Å². The third-order valence-electron chi connectivity index (χ3n) is 2.46. The molecule has 0 aliphatic heterocycles. The summed E-state index contributed by atoms with van der Waals surface area (Å²) in [6.45, 7) is -0.117. The minimum atomic E-state index is -0.337. The number of rotatable bonds is 4. The van der Waals surface area contributed by atoms with Crippen molar-refractivity contribution in [3.8, 4) is 0 Å². The smallest absolute Gasteiger partial charge is 0.251 e. The fourth-order valence-electron chi connectivity index (χ4n) is 1.54. The summed E-state index contributed by atoms with van der Waals surface area (Å²) in [7, 11) is 0. The molecule has 2 rings (SSSR count). The van der Waals surface area contributed by atoms with Gasteiger partial charge in [0.15, 0.2) is 0 Å². The number of nitrogens with zero attached hydrogens (tertiary/aromatic N) is 1. The number of pyridine rings is 1. The second-order valence-corrected chi connectivity index (χ2v) is 4.35. The molecule has 6 heteroatoms. The number of carbonyl (C=O) groups is 2. The van der Waals surface area contributed by atoms with Gasteiger partial charge in [-0.2, -0.15) is 0 Å². The van der Waals surface area contributed by atoms with Crippen molar-refractivity contribution in [1.29, 1.82) is 0 Å². The summed E-state index contributed by atoms with van der Waals surface area (Å²) in [5, 5.41) is 5.43. The van der Waals surface area contributed by atoms with Crippen LogP contribution in [0.4, 0.5) is 5.69 Å². The molecule has 0 atom stereocenters. The predicted molar refractivity (Wildman–Crippen MR) is 76.7 cm³/mol. The molecule has 0 aliphatic rings. The average Bonchev–Trinajstić information content (AvgIpc) is 2.46. The van der Waals surface area contributed by atoms with Crippen LogP contribution >= 0.6 is 11.6 Å². The van der Waals surface area contributed by atoms with Gasteiger partial charge in [0, 0.05) is 17.4 Å². The highest BCUT2D eigenvalue weighted by Crippen LogP contribution is 2.11. The van der Waals surface area contributed by atoms with E-state index in [0.29, 0.717) is 11.3 Å². The molecule has 2 N–H and O–H groups in total. The standard InChI is InChI=1S/C14H12ClN3O2/c15-12-8-11(6-7-16-12)18-13(19)9-17-14(20)10-4-2-1-3-5-10/h1-8H,9H2,(H,17,20)(H,16,18,19). The van der Waals surface area contributed by atoms with Crippen LogP contribution in [0.2, 0.25) is 5.15 Å². The van der Waals surface area contributed by atoms with Crippen LogP contribution in [0.3, 0.4) is 0 Å². The highest BCUT2D eigenvalue weighted by Gasteiger charge is 2.07. The first-order valence-corrected chi connectivity index (χ1v) is 6.27. The van der Waals surface area contributed by atoms with E-state index >= 15 is 0 Å². The Kier molecular flexibility index (Phi) is 4.68. The van der Waals surface area contributed by atoms with Crippen LogP contribution in [0.1, 0.15) is 10.4 Å². The second kappa shape index (κ2) is 6.68. The molecule has 0 saturated carbocycles. The lowest BCUT2D eigenvalue weighted by molar-refractivity contribution is -0.115. The molecule has 0 aliphatic carbocycles. The molecule has 1 aromatic carbocycles. The Labute approximate surface area is 121 Å². The largest absolute Gasteiger partial charge is 0.343 e. The minimum absolute atomic E-state index is 0.117. The van der Waals surface area contributed by atoms with Crippen LogP contribution in [-0.2, 0) is 4.79 Å². The molecule has 1 aromatic heterocycles. The van der Waals surface area contributed by atoms with Crippen LogP contribution in [0.25, 0.3) is 0 Å². The van der Waals surface area contributed by atoms with Gasteiger partial charge >= 0.3 is 0 Å². The number of nitrogens with one attached hydrogen (secondary N) is 2. The van der Waals surface area contributed by atoms with Crippen molar-refractivity contribution in [2.75, 3.05) is 11.9 Å². The molecule has 5 nitrogen and oxygen atoms in total. The summed E-state index contributed by atoms with van der Waals surface area (Å²) in [6, 6.07) is 11.8. The number of hydrogen-bond acceptors (Lipinski definition) is 3. The van der Waals surface area contributed by atoms with Gasteiger partial charge in [0.25, 0.3) is 5.91 Å². The topological polar surface area (TPSA) is 71.1 Å². The van der Waals surface area contributed by atoms with E-state index in [4.69, 9.17) is 11.6 Å². The molecule has 0 saturated heterocycles. The fourth-order valence-corrected chi connectivity index (χ4v) is 1.71. The van der Waals surface area contributed by atoms with Gasteiger partial charge in [-0.05, 0) is 24.3 Å². The number of carbonyl (C=O) groups excluding carboxylic acids is 2. The molecule has 0 spiro atoms. The lowest BCUT2D eigenvalue weighted by atomic mass is 10.2. The van der Waals surface area contributed by atoms with E-state index in [1.54, 1.807) is 30.3 Å². The molecule has 102 valence electrons. The van der Waals surface area contributed by atoms with Crippen molar-refractivity contribution >= 4 is 29.1 Å². The highest BCUT2D eigenvalue weighted by atomic mass is 35.5. The van der Waals surface area contributed by atoms with Crippen LogP contribution in [-0.4, -0.2) is 23.3 Å². The van der Waals surface area contributed by atoms with E-state index in [2.05, 4.69) is 15.6 Å². The molecule has 2 aromatic rings. The minimum Gasteiger partial charge on any atom is -0.343 e. The van der Waals surface area contributed by atoms with Gasteiger partial charge < -0.3 is 10.6 Å². The molecule has 1 heterocycles. The lowest BCUT2D eigenvalue weighted by Crippen LogP contribution is -2.32. The molecular formula is C14H12ClN3O2. The predicted octanol–water partition coefficient (Wildman–Crippen LogP) is 2.10. The van der Waals surface area contributed by atoms with Crippen molar-refractivity contribution in [2.24, 2.45) is 0 Å². The van der Waals surface area contributed by atoms with Crippen molar-refractivity contribution in [1.82, 2.24) is 10.3 Å². The highest BCUT2D eigenvalue weighted by molar-refractivity contribution is 6.29. The second-order valence-electron chi connectivity index (χ2n) is 3.96. The molecule has 0 unspecified atom stereocenters. The van der Waals surface area contributed by atoms with E-state index in [1.165, 1.54) is 12.3 Å². The van der Waals surface area contributed by atoms with Crippen molar-refractivity contribution in [2.45, 2.75) is 0 Å². The summed E-state index contributed by atoms with van der Waals surface area (Å²) in [6.07, 6.45) is 1.49. The summed E-state index contributed by atoms with van der Waals surface area (Å²) in [5.41, 5.74) is 1.04. The normalized spacial score (nSPS) is 9.85. The van der Waals surface area contributed by atoms with E-state index in [0.717, 1.165) is 0 Å². The Morgan fingerprint density at radius 3 is 2.60 bits per heavy atom. The number of hydrogen-bond donors (Lipinski definition) is 2. The zero-order valence-corrected chi connectivity index (χ0v) is 11.2. The average molecular weight is 290 g/mol. The van der Waals surface area contributed by atoms with Gasteiger partial charge in [-0.15, -0.1) is 0 Å². The first-order valence-electron chi connectivity index (χ1n) is 5.90. The summed E-state index contributed by atoms with van der Waals surface area (Å²) in [4.78, 5) is 27.2. The van der Waals surface area contributed by atoms with Crippen molar-refractivity contribution in [3.05, 3.63) is 59.4 Å². The fraction of sp³-hybridized carbons (Fsp3) is 0.0714. The maximum absolute atomic E-state index is 11.7. The zero-order valence-electron chi connectivity index (χ0n) is 10.5. The van der Waals surface area contributed by atoms with Crippen LogP contribution in [0, 0.1) is 0 Å². The Hall–Kier alpha value is -2.40. The summed E-state index contributed by atoms with van der Waals surface area (Å²) in [5.74, 6) is -0.634. The van der Waals surface area contributed by atoms with E-state index < -0.39 is 0 Å². The first kappa shape index (κ1) is 14.0. The van der Waals surface area contributed by atoms with Crippen molar-refractivity contribution in [3.63, 3.8) is 0 Å². The number of aromatic nitrogens is 1. The van der Waals surface area contributed by atoms with Gasteiger partial charge in [-0.25, -0.2) is 4.98 Å². The number of anilines is 1. The Morgan fingerprint density at radius 2 is 1.90 bits per heavy atom. The molecule has 0 fully saturated rings. The van der Waals surface area contributed by atoms with Gasteiger partial charge in [-0.1, -0.05) is 29.8 Å². The lowest BCUT2D eigenvalue weighted by Gasteiger charge is -2.07. The van der Waals surface area contributed by atoms with Gasteiger partial charge in [0.05, 0.1) is 6.54 Å². The van der Waals surface area contributed by atoms with Gasteiger partial charge in [0.2, 0.25) is 5.91 Å². The Balaban J connectivity index is 1.85. The van der Waals surface area contributed by atoms with Gasteiger partial charge in [0.1, 0.15) is 5.15 Å². The van der Waals surface area contributed by atoms with E-state index in [9.17, 15) is 9.59 Å². The Bertz CT molecular complexity index is 617. The molecular weight excluding hydrogens is 278 g/mol. The quantitative estimate of drug-likeness (QED) is 0.847. The molecule has 0 bridgehead atoms. The monoisotopic (exact) mass is 289 g/mol. The van der Waals surface area contributed by atoms with Gasteiger partial charge in [-0.3, -0.25) is 9.59 Å². The molecule has 20 heavy (non-hydrogen) atoms. The maximum atomic E-state index is 11.7. The van der Waals surface area contributed by atoms with E-state index in [-0.39, 0.29) is 23.5 Å². The summed E-state index contributed by atoms with van der Waals surface area (Å²) >= 11 is 5.70. The zero-order chi connectivity index (χ0) is 14.4. The Morgan fingerprint density at radius 1 is 1.15 bits per heavy atom. The van der Waals surface area contributed by atoms with Crippen LogP contribution < -0.4 is 10.6 Å². The number of benzene rings is 1. The number of amides is 2. The summed E-state index contributed by atoms with van der Waals surface area (Å²) < 4.78 is 0. The van der Waals surface area contributed by atoms with Crippen molar-refractivity contribution < 1.29 is 9.59 Å². The first-order chi connectivity index (χ1) is 9.65. The van der Waals surface area contributed by atoms with E-state index in [1.807, 2.05) is 6.07 Å². The molecule has 2 amide bonds. The number of halogens is 1. The molecule has 0 radical (unpaired) electrons. The maximum Gasteiger partial charge on any atom is 0.251 e. The van der Waals surface area contributed by atoms with Crippen LogP contribution in [0.15, 0.2) is 48.7 Å². The third kappa shape index (κ3) is 4.07. The third-order valence-corrected chi connectivity index (χ3v) is 2.66. The SMILES string of the molecule is O=C(CNC(=O)c1ccccc1)Nc1ccnc(Cl)c1.